The molecule has 136 valence electrons. The number of amides is 1. The average Bonchev–Trinajstić information content (AvgIpc) is 2.60. The third-order valence-corrected chi connectivity index (χ3v) is 4.11. The first-order chi connectivity index (χ1) is 12.3. The van der Waals surface area contributed by atoms with Gasteiger partial charge in [0.25, 0.3) is 11.6 Å². The molecule has 0 unspecified atom stereocenters. The van der Waals surface area contributed by atoms with Crippen molar-refractivity contribution in [3.05, 3.63) is 57.6 Å². The van der Waals surface area contributed by atoms with Crippen molar-refractivity contribution in [1.82, 2.24) is 0 Å². The van der Waals surface area contributed by atoms with Crippen molar-refractivity contribution in [3.8, 4) is 11.5 Å². The van der Waals surface area contributed by atoms with Crippen LogP contribution >= 0.6 is 0 Å². The number of carbonyl (C=O) groups is 1. The van der Waals surface area contributed by atoms with E-state index in [2.05, 4.69) is 26.1 Å². The maximum atomic E-state index is 12.6. The molecule has 0 spiro atoms. The topological polar surface area (TPSA) is 90.7 Å². The molecule has 1 amide bonds. The molecule has 0 bridgehead atoms. The van der Waals surface area contributed by atoms with Gasteiger partial charge >= 0.3 is 0 Å². The Morgan fingerprint density at radius 3 is 2.19 bits per heavy atom. The molecular weight excluding hydrogens is 336 g/mol. The van der Waals surface area contributed by atoms with Crippen molar-refractivity contribution in [2.24, 2.45) is 0 Å². The van der Waals surface area contributed by atoms with Gasteiger partial charge in [0.2, 0.25) is 0 Å². The minimum absolute atomic E-state index is 0.00282. The number of fused-ring (bicyclic) bond motifs is 1. The second-order valence-electron chi connectivity index (χ2n) is 7.05. The first kappa shape index (κ1) is 17.7. The van der Waals surface area contributed by atoms with E-state index in [1.54, 1.807) is 12.1 Å². The number of rotatable bonds is 3. The van der Waals surface area contributed by atoms with Gasteiger partial charge in [-0.2, -0.15) is 0 Å². The molecule has 3 rings (SSSR count). The van der Waals surface area contributed by atoms with Gasteiger partial charge in [0.05, 0.1) is 11.0 Å². The van der Waals surface area contributed by atoms with Crippen LogP contribution in [-0.4, -0.2) is 24.0 Å². The van der Waals surface area contributed by atoms with Crippen LogP contribution in [0.5, 0.6) is 11.5 Å². The zero-order valence-electron chi connectivity index (χ0n) is 14.9. The predicted molar refractivity (Wildman–Crippen MR) is 97.2 cm³/mol. The van der Waals surface area contributed by atoms with Gasteiger partial charge in [-0.3, -0.25) is 14.9 Å². The van der Waals surface area contributed by atoms with Gasteiger partial charge in [-0.15, -0.1) is 0 Å². The summed E-state index contributed by atoms with van der Waals surface area (Å²) in [6, 6.07) is 9.99. The molecule has 0 radical (unpaired) electrons. The van der Waals surface area contributed by atoms with Crippen LogP contribution in [-0.2, 0) is 5.41 Å². The first-order valence-electron chi connectivity index (χ1n) is 8.25. The van der Waals surface area contributed by atoms with Gasteiger partial charge in [0.15, 0.2) is 11.5 Å². The Morgan fingerprint density at radius 1 is 1.08 bits per heavy atom. The Labute approximate surface area is 151 Å². The maximum absolute atomic E-state index is 12.6. The molecule has 0 fully saturated rings. The van der Waals surface area contributed by atoms with E-state index in [1.807, 2.05) is 12.1 Å². The smallest absolute Gasteiger partial charge is 0.286 e. The van der Waals surface area contributed by atoms with Gasteiger partial charge in [-0.05, 0) is 23.1 Å². The number of nitro groups is 1. The van der Waals surface area contributed by atoms with E-state index >= 15 is 0 Å². The fourth-order valence-corrected chi connectivity index (χ4v) is 2.66. The quantitative estimate of drug-likeness (QED) is 0.665. The lowest BCUT2D eigenvalue weighted by molar-refractivity contribution is -0.385. The Bertz CT molecular complexity index is 853. The van der Waals surface area contributed by atoms with E-state index in [-0.39, 0.29) is 22.4 Å². The molecule has 7 heteroatoms. The Kier molecular flexibility index (Phi) is 4.54. The van der Waals surface area contributed by atoms with Crippen LogP contribution < -0.4 is 14.8 Å². The number of nitro benzene ring substituents is 1. The molecule has 1 aliphatic rings. The SMILES string of the molecule is CC(C)(C)c1ccc(NC(=O)c2cc3c(cc2[N+](=O)[O-])OCCO3)cc1. The van der Waals surface area contributed by atoms with Crippen molar-refractivity contribution in [2.75, 3.05) is 18.5 Å². The van der Waals surface area contributed by atoms with Crippen molar-refractivity contribution in [1.29, 1.82) is 0 Å². The lowest BCUT2D eigenvalue weighted by atomic mass is 9.87. The van der Waals surface area contributed by atoms with Crippen LogP contribution in [0.2, 0.25) is 0 Å². The molecule has 0 aromatic heterocycles. The summed E-state index contributed by atoms with van der Waals surface area (Å²) in [7, 11) is 0. The van der Waals surface area contributed by atoms with Crippen LogP contribution in [0.4, 0.5) is 11.4 Å². The minimum atomic E-state index is -0.601. The lowest BCUT2D eigenvalue weighted by Gasteiger charge is -2.20. The zero-order valence-corrected chi connectivity index (χ0v) is 14.9. The van der Waals surface area contributed by atoms with E-state index in [9.17, 15) is 14.9 Å². The summed E-state index contributed by atoms with van der Waals surface area (Å²) in [5.74, 6) is 0.0290. The van der Waals surface area contributed by atoms with Crippen LogP contribution in [0.1, 0.15) is 36.7 Å². The minimum Gasteiger partial charge on any atom is -0.486 e. The van der Waals surface area contributed by atoms with Crippen molar-refractivity contribution in [3.63, 3.8) is 0 Å². The highest BCUT2D eigenvalue weighted by atomic mass is 16.6. The first-order valence-corrected chi connectivity index (χ1v) is 8.25. The van der Waals surface area contributed by atoms with E-state index < -0.39 is 10.8 Å². The second kappa shape index (κ2) is 6.67. The fourth-order valence-electron chi connectivity index (χ4n) is 2.66. The van der Waals surface area contributed by atoms with Crippen LogP contribution in [0.15, 0.2) is 36.4 Å². The molecular formula is C19H20N2O5. The summed E-state index contributed by atoms with van der Waals surface area (Å²) < 4.78 is 10.8. The number of hydrogen-bond donors (Lipinski definition) is 1. The summed E-state index contributed by atoms with van der Waals surface area (Å²) in [6.07, 6.45) is 0. The maximum Gasteiger partial charge on any atom is 0.286 e. The fraction of sp³-hybridized carbons (Fsp3) is 0.316. The number of hydrogen-bond acceptors (Lipinski definition) is 5. The molecule has 2 aromatic carbocycles. The summed E-state index contributed by atoms with van der Waals surface area (Å²) in [4.78, 5) is 23.3. The Balaban J connectivity index is 1.88. The molecule has 0 atom stereocenters. The number of nitrogens with zero attached hydrogens (tertiary/aromatic N) is 1. The molecule has 1 heterocycles. The predicted octanol–water partition coefficient (Wildman–Crippen LogP) is 3.92. The highest BCUT2D eigenvalue weighted by Crippen LogP contribution is 2.37. The van der Waals surface area contributed by atoms with Gasteiger partial charge in [-0.1, -0.05) is 32.9 Å². The number of anilines is 1. The number of ether oxygens (including phenoxy) is 2. The molecule has 0 aliphatic carbocycles. The van der Waals surface area contributed by atoms with E-state index in [4.69, 9.17) is 9.47 Å². The van der Waals surface area contributed by atoms with Crippen molar-refractivity contribution in [2.45, 2.75) is 26.2 Å². The normalized spacial score (nSPS) is 13.2. The second-order valence-corrected chi connectivity index (χ2v) is 7.05. The van der Waals surface area contributed by atoms with Gasteiger partial charge in [0, 0.05) is 11.8 Å². The highest BCUT2D eigenvalue weighted by Gasteiger charge is 2.26. The van der Waals surface area contributed by atoms with E-state index in [0.29, 0.717) is 24.7 Å². The van der Waals surface area contributed by atoms with Gasteiger partial charge in [0.1, 0.15) is 18.8 Å². The highest BCUT2D eigenvalue weighted by molar-refractivity contribution is 6.07. The van der Waals surface area contributed by atoms with Gasteiger partial charge < -0.3 is 14.8 Å². The van der Waals surface area contributed by atoms with Crippen LogP contribution in [0.3, 0.4) is 0 Å². The monoisotopic (exact) mass is 356 g/mol. The van der Waals surface area contributed by atoms with Gasteiger partial charge in [-0.25, -0.2) is 0 Å². The molecule has 0 saturated heterocycles. The summed E-state index contributed by atoms with van der Waals surface area (Å²) in [6.45, 7) is 6.94. The van der Waals surface area contributed by atoms with E-state index in [0.717, 1.165) is 5.56 Å². The molecule has 26 heavy (non-hydrogen) atoms. The van der Waals surface area contributed by atoms with Crippen molar-refractivity contribution >= 4 is 17.3 Å². The van der Waals surface area contributed by atoms with Crippen LogP contribution in [0.25, 0.3) is 0 Å². The summed E-state index contributed by atoms with van der Waals surface area (Å²) in [5.41, 5.74) is 1.29. The number of benzene rings is 2. The average molecular weight is 356 g/mol. The number of carbonyl (C=O) groups excluding carboxylic acids is 1. The van der Waals surface area contributed by atoms with Crippen molar-refractivity contribution < 1.29 is 19.2 Å². The molecule has 0 saturated carbocycles. The summed E-state index contributed by atoms with van der Waals surface area (Å²) >= 11 is 0. The lowest BCUT2D eigenvalue weighted by Crippen LogP contribution is -2.18. The molecule has 1 aliphatic heterocycles. The third kappa shape index (κ3) is 3.61. The third-order valence-electron chi connectivity index (χ3n) is 4.11. The molecule has 2 aromatic rings. The largest absolute Gasteiger partial charge is 0.486 e. The Hall–Kier alpha value is -3.09. The number of nitrogens with one attached hydrogen (secondary N) is 1. The summed E-state index contributed by atoms with van der Waals surface area (Å²) in [5, 5.41) is 14.0. The molecule has 1 N–H and O–H groups in total. The zero-order chi connectivity index (χ0) is 18.9. The van der Waals surface area contributed by atoms with Crippen LogP contribution in [0, 0.1) is 10.1 Å². The Morgan fingerprint density at radius 2 is 1.65 bits per heavy atom. The van der Waals surface area contributed by atoms with E-state index in [1.165, 1.54) is 12.1 Å². The molecule has 7 nitrogen and oxygen atoms in total. The standard InChI is InChI=1S/C19H20N2O5/c1-19(2,3)12-4-6-13(7-5-12)20-18(22)14-10-16-17(26-9-8-25-16)11-15(14)21(23)24/h4-7,10-11H,8-9H2,1-3H3,(H,20,22).